The first-order valence-electron chi connectivity index (χ1n) is 7.61. The lowest BCUT2D eigenvalue weighted by atomic mass is 10.1. The van der Waals surface area contributed by atoms with E-state index in [-0.39, 0.29) is 5.02 Å². The molecule has 0 spiro atoms. The number of rotatable bonds is 5. The van der Waals surface area contributed by atoms with Gasteiger partial charge in [0.15, 0.2) is 4.90 Å². The first kappa shape index (κ1) is 19.2. The molecule has 0 aliphatic carbocycles. The number of hydrogen-bond donors (Lipinski definition) is 0. The molecule has 134 valence electrons. The van der Waals surface area contributed by atoms with Crippen molar-refractivity contribution in [3.63, 3.8) is 0 Å². The zero-order valence-electron chi connectivity index (χ0n) is 14.4. The molecule has 2 aromatic carbocycles. The quantitative estimate of drug-likeness (QED) is 0.564. The fraction of sp³-hybridized carbons (Fsp3) is 0.294. The Morgan fingerprint density at radius 3 is 2.32 bits per heavy atom. The van der Waals surface area contributed by atoms with Crippen LogP contribution in [-0.4, -0.2) is 19.4 Å². The molecule has 0 atom stereocenters. The Morgan fingerprint density at radius 1 is 1.12 bits per heavy atom. The van der Waals surface area contributed by atoms with E-state index >= 15 is 0 Å². The summed E-state index contributed by atoms with van der Waals surface area (Å²) in [5.74, 6) is 0. The van der Waals surface area contributed by atoms with Crippen LogP contribution >= 0.6 is 11.6 Å². The molecule has 8 heteroatoms. The minimum Gasteiger partial charge on any atom is -0.263 e. The van der Waals surface area contributed by atoms with E-state index in [1.807, 2.05) is 19.1 Å². The first-order chi connectivity index (χ1) is 11.6. The van der Waals surface area contributed by atoms with Gasteiger partial charge in [-0.1, -0.05) is 23.7 Å². The highest BCUT2D eigenvalue weighted by molar-refractivity contribution is 7.93. The summed E-state index contributed by atoms with van der Waals surface area (Å²) in [6, 6.07) is 8.55. The Kier molecular flexibility index (Phi) is 5.39. The minimum atomic E-state index is -4.18. The summed E-state index contributed by atoms with van der Waals surface area (Å²) < 4.78 is 27.8. The van der Waals surface area contributed by atoms with Gasteiger partial charge in [0.2, 0.25) is 0 Å². The fourth-order valence-electron chi connectivity index (χ4n) is 2.59. The summed E-state index contributed by atoms with van der Waals surface area (Å²) in [6.07, 6.45) is 0. The molecule has 0 aromatic heterocycles. The summed E-state index contributed by atoms with van der Waals surface area (Å²) >= 11 is 5.91. The van der Waals surface area contributed by atoms with Crippen LogP contribution in [0.4, 0.5) is 11.4 Å². The molecule has 0 heterocycles. The lowest BCUT2D eigenvalue weighted by Gasteiger charge is -2.29. The first-order valence-corrected chi connectivity index (χ1v) is 9.43. The Morgan fingerprint density at radius 2 is 1.76 bits per heavy atom. The smallest absolute Gasteiger partial charge is 0.263 e. The summed E-state index contributed by atoms with van der Waals surface area (Å²) in [4.78, 5) is 10.2. The summed E-state index contributed by atoms with van der Waals surface area (Å²) in [5.41, 5.74) is 1.64. The second kappa shape index (κ2) is 7.01. The normalized spacial score (nSPS) is 11.6. The molecule has 2 rings (SSSR count). The van der Waals surface area contributed by atoms with Crippen molar-refractivity contribution in [1.82, 2.24) is 0 Å². The Balaban J connectivity index is 2.77. The van der Waals surface area contributed by atoms with Gasteiger partial charge in [-0.15, -0.1) is 0 Å². The van der Waals surface area contributed by atoms with Crippen LogP contribution in [0.15, 0.2) is 41.3 Å². The lowest BCUT2D eigenvalue weighted by molar-refractivity contribution is -0.387. The average molecular weight is 383 g/mol. The van der Waals surface area contributed by atoms with Crippen LogP contribution in [-0.2, 0) is 10.0 Å². The van der Waals surface area contributed by atoms with Gasteiger partial charge in [0.1, 0.15) is 0 Å². The second-order valence-electron chi connectivity index (χ2n) is 6.05. The molecule has 0 amide bonds. The van der Waals surface area contributed by atoms with Crippen LogP contribution in [0.25, 0.3) is 0 Å². The van der Waals surface area contributed by atoms with E-state index in [1.54, 1.807) is 26.8 Å². The van der Waals surface area contributed by atoms with Crippen LogP contribution in [0.3, 0.4) is 0 Å². The van der Waals surface area contributed by atoms with Crippen LogP contribution in [0.2, 0.25) is 5.02 Å². The maximum Gasteiger partial charge on any atom is 0.289 e. The van der Waals surface area contributed by atoms with Gasteiger partial charge in [-0.25, -0.2) is 8.42 Å². The van der Waals surface area contributed by atoms with Crippen molar-refractivity contribution in [1.29, 1.82) is 0 Å². The third-order valence-corrected chi connectivity index (χ3v) is 5.98. The predicted octanol–water partition coefficient (Wildman–Crippen LogP) is 4.47. The molecule has 0 aliphatic rings. The van der Waals surface area contributed by atoms with E-state index < -0.39 is 31.6 Å². The molecule has 25 heavy (non-hydrogen) atoms. The molecule has 0 unspecified atom stereocenters. The third kappa shape index (κ3) is 3.77. The number of nitro benzene ring substituents is 1. The number of hydrogen-bond acceptors (Lipinski definition) is 4. The molecule has 2 aromatic rings. The monoisotopic (exact) mass is 382 g/mol. The number of anilines is 1. The SMILES string of the molecule is Cc1ccc(C)c(N(C(C)C)S(=O)(=O)c2cc(Cl)ccc2[N+](=O)[O-])c1. The van der Waals surface area contributed by atoms with E-state index in [0.717, 1.165) is 23.3 Å². The maximum absolute atomic E-state index is 13.3. The van der Waals surface area contributed by atoms with Crippen molar-refractivity contribution >= 4 is 33.0 Å². The number of benzene rings is 2. The predicted molar refractivity (Wildman–Crippen MR) is 98.8 cm³/mol. The zero-order chi connectivity index (χ0) is 18.9. The highest BCUT2D eigenvalue weighted by atomic mass is 35.5. The van der Waals surface area contributed by atoms with Crippen molar-refractivity contribution in [3.05, 3.63) is 62.7 Å². The van der Waals surface area contributed by atoms with Crippen molar-refractivity contribution < 1.29 is 13.3 Å². The van der Waals surface area contributed by atoms with Crippen molar-refractivity contribution in [2.45, 2.75) is 38.6 Å². The zero-order valence-corrected chi connectivity index (χ0v) is 15.9. The molecular weight excluding hydrogens is 364 g/mol. The van der Waals surface area contributed by atoms with E-state index in [4.69, 9.17) is 11.6 Å². The number of sulfonamides is 1. The van der Waals surface area contributed by atoms with Gasteiger partial charge in [-0.05, 0) is 57.0 Å². The molecule has 0 radical (unpaired) electrons. The summed E-state index contributed by atoms with van der Waals surface area (Å²) in [6.45, 7) is 7.09. The molecule has 6 nitrogen and oxygen atoms in total. The molecule has 0 aliphatic heterocycles. The maximum atomic E-state index is 13.3. The topological polar surface area (TPSA) is 80.5 Å². The third-order valence-electron chi connectivity index (χ3n) is 3.73. The Hall–Kier alpha value is -2.12. The fourth-order valence-corrected chi connectivity index (χ4v) is 4.74. The van der Waals surface area contributed by atoms with Gasteiger partial charge >= 0.3 is 0 Å². The van der Waals surface area contributed by atoms with Crippen molar-refractivity contribution in [2.24, 2.45) is 0 Å². The highest BCUT2D eigenvalue weighted by Crippen LogP contribution is 2.34. The van der Waals surface area contributed by atoms with Gasteiger partial charge in [-0.3, -0.25) is 14.4 Å². The molecule has 0 bridgehead atoms. The number of halogens is 1. The van der Waals surface area contributed by atoms with Crippen LogP contribution < -0.4 is 4.31 Å². The van der Waals surface area contributed by atoms with E-state index in [9.17, 15) is 18.5 Å². The lowest BCUT2D eigenvalue weighted by Crippen LogP contribution is -2.37. The van der Waals surface area contributed by atoms with Crippen LogP contribution in [0, 0.1) is 24.0 Å². The van der Waals surface area contributed by atoms with E-state index in [2.05, 4.69) is 0 Å². The Bertz CT molecular complexity index is 926. The van der Waals surface area contributed by atoms with Crippen LogP contribution in [0.5, 0.6) is 0 Å². The van der Waals surface area contributed by atoms with Gasteiger partial charge in [-0.2, -0.15) is 0 Å². The highest BCUT2D eigenvalue weighted by Gasteiger charge is 2.34. The van der Waals surface area contributed by atoms with Crippen LogP contribution in [0.1, 0.15) is 25.0 Å². The second-order valence-corrected chi connectivity index (χ2v) is 8.27. The van der Waals surface area contributed by atoms with Gasteiger partial charge in [0.25, 0.3) is 15.7 Å². The average Bonchev–Trinajstić information content (AvgIpc) is 2.50. The minimum absolute atomic E-state index is 0.119. The molecule has 0 saturated heterocycles. The Labute approximate surface area is 152 Å². The molecule has 0 saturated carbocycles. The van der Waals surface area contributed by atoms with Crippen molar-refractivity contribution in [2.75, 3.05) is 4.31 Å². The standard InChI is InChI=1S/C17H19ClN2O4S/c1-11(2)19(16-9-12(3)5-6-13(16)4)25(23,24)17-10-14(18)7-8-15(17)20(21)22/h5-11H,1-4H3. The van der Waals surface area contributed by atoms with Gasteiger partial charge in [0, 0.05) is 17.1 Å². The largest absolute Gasteiger partial charge is 0.289 e. The molecule has 0 N–H and O–H groups in total. The van der Waals surface area contributed by atoms with Gasteiger partial charge < -0.3 is 0 Å². The number of nitro groups is 1. The number of nitrogens with zero attached hydrogens (tertiary/aromatic N) is 2. The summed E-state index contributed by atoms with van der Waals surface area (Å²) in [5, 5.41) is 11.4. The van der Waals surface area contributed by atoms with E-state index in [0.29, 0.717) is 5.69 Å². The van der Waals surface area contributed by atoms with Crippen molar-refractivity contribution in [3.8, 4) is 0 Å². The molecule has 0 fully saturated rings. The summed E-state index contributed by atoms with van der Waals surface area (Å²) in [7, 11) is -4.18. The number of aryl methyl sites for hydroxylation is 2. The van der Waals surface area contributed by atoms with E-state index in [1.165, 1.54) is 10.4 Å². The molecular formula is C17H19ClN2O4S. The van der Waals surface area contributed by atoms with Gasteiger partial charge in [0.05, 0.1) is 10.6 Å².